The van der Waals surface area contributed by atoms with Gasteiger partial charge in [-0.3, -0.25) is 4.79 Å². The Kier molecular flexibility index (Phi) is 3.28. The number of carbonyl (C=O) groups excluding carboxylic acids is 1. The van der Waals surface area contributed by atoms with Crippen molar-refractivity contribution in [2.75, 3.05) is 0 Å². The molecule has 1 aliphatic carbocycles. The van der Waals surface area contributed by atoms with Crippen molar-refractivity contribution >= 4 is 5.78 Å². The fourth-order valence-electron chi connectivity index (χ4n) is 3.60. The third kappa shape index (κ3) is 2.29. The molecule has 4 atom stereocenters. The summed E-state index contributed by atoms with van der Waals surface area (Å²) in [7, 11) is 0. The molecule has 2 heterocycles. The molecular weight excluding hydrogens is 288 g/mol. The minimum atomic E-state index is -1.54. The predicted molar refractivity (Wildman–Crippen MR) is 77.0 cm³/mol. The molecule has 3 N–H and O–H groups in total. The van der Waals surface area contributed by atoms with E-state index >= 15 is 0 Å². The third-order valence-electron chi connectivity index (χ3n) is 4.90. The zero-order valence-electron chi connectivity index (χ0n) is 13.4. The standard InChI is InChI=1S/C16H24O6/c1-14(2)6-9(17)8-5-10-16(20,13(18)12(8)22-14)7-11(21-10)15(3,4)19/h10-11,13,18-20H,5-7H2,1-4H3/t10-,11+,13-,16+/m0/s1. The Morgan fingerprint density at radius 3 is 2.55 bits per heavy atom. The summed E-state index contributed by atoms with van der Waals surface area (Å²) in [5, 5.41) is 31.6. The topological polar surface area (TPSA) is 96.2 Å². The van der Waals surface area contributed by atoms with Crippen LogP contribution in [-0.2, 0) is 14.3 Å². The number of aliphatic hydroxyl groups is 3. The van der Waals surface area contributed by atoms with Gasteiger partial charge in [-0.25, -0.2) is 0 Å². The Bertz CT molecular complexity index is 543. The lowest BCUT2D eigenvalue weighted by Gasteiger charge is -2.44. The van der Waals surface area contributed by atoms with E-state index in [1.54, 1.807) is 27.7 Å². The normalized spacial score (nSPS) is 41.0. The van der Waals surface area contributed by atoms with Gasteiger partial charge in [0.2, 0.25) is 0 Å². The lowest BCUT2D eigenvalue weighted by molar-refractivity contribution is -0.156. The highest BCUT2D eigenvalue weighted by molar-refractivity contribution is 5.97. The summed E-state index contributed by atoms with van der Waals surface area (Å²) in [6, 6.07) is 0. The van der Waals surface area contributed by atoms with E-state index in [0.717, 1.165) is 0 Å². The van der Waals surface area contributed by atoms with Gasteiger partial charge >= 0.3 is 0 Å². The molecule has 2 aliphatic heterocycles. The van der Waals surface area contributed by atoms with Crippen molar-refractivity contribution in [3.8, 4) is 0 Å². The van der Waals surface area contributed by atoms with Crippen LogP contribution in [0.4, 0.5) is 0 Å². The average Bonchev–Trinajstić information content (AvgIpc) is 2.69. The van der Waals surface area contributed by atoms with Crippen LogP contribution in [0.25, 0.3) is 0 Å². The summed E-state index contributed by atoms with van der Waals surface area (Å²) < 4.78 is 11.5. The van der Waals surface area contributed by atoms with Crippen LogP contribution in [-0.4, -0.2) is 56.2 Å². The summed E-state index contributed by atoms with van der Waals surface area (Å²) in [5.74, 6) is 0.0858. The van der Waals surface area contributed by atoms with Gasteiger partial charge in [0.05, 0.1) is 24.2 Å². The lowest BCUT2D eigenvalue weighted by Crippen LogP contribution is -2.56. The molecule has 0 aromatic carbocycles. The molecule has 0 unspecified atom stereocenters. The van der Waals surface area contributed by atoms with E-state index < -0.39 is 35.1 Å². The highest BCUT2D eigenvalue weighted by Gasteiger charge is 2.60. The van der Waals surface area contributed by atoms with Crippen LogP contribution < -0.4 is 0 Å². The van der Waals surface area contributed by atoms with Gasteiger partial charge in [-0.15, -0.1) is 0 Å². The molecule has 0 amide bonds. The fraction of sp³-hybridized carbons (Fsp3) is 0.812. The van der Waals surface area contributed by atoms with Crippen LogP contribution in [0, 0.1) is 0 Å². The number of ketones is 1. The minimum absolute atomic E-state index is 0.0809. The maximum absolute atomic E-state index is 12.3. The van der Waals surface area contributed by atoms with Crippen LogP contribution in [0.5, 0.6) is 0 Å². The van der Waals surface area contributed by atoms with Gasteiger partial charge in [0.15, 0.2) is 5.78 Å². The second-order valence-electron chi connectivity index (χ2n) is 7.87. The van der Waals surface area contributed by atoms with Crippen LogP contribution >= 0.6 is 0 Å². The third-order valence-corrected chi connectivity index (χ3v) is 4.90. The summed E-state index contributed by atoms with van der Waals surface area (Å²) in [6.45, 7) is 6.76. The van der Waals surface area contributed by atoms with E-state index in [1.807, 2.05) is 0 Å². The van der Waals surface area contributed by atoms with Crippen molar-refractivity contribution in [1.29, 1.82) is 0 Å². The van der Waals surface area contributed by atoms with Crippen LogP contribution in [0.15, 0.2) is 11.3 Å². The van der Waals surface area contributed by atoms with E-state index in [4.69, 9.17) is 9.47 Å². The van der Waals surface area contributed by atoms with Crippen LogP contribution in [0.2, 0.25) is 0 Å². The second kappa shape index (κ2) is 4.54. The van der Waals surface area contributed by atoms with E-state index in [0.29, 0.717) is 5.57 Å². The fourth-order valence-corrected chi connectivity index (χ4v) is 3.60. The number of aliphatic hydroxyl groups excluding tert-OH is 1. The number of hydrogen-bond donors (Lipinski definition) is 3. The quantitative estimate of drug-likeness (QED) is 0.650. The Labute approximate surface area is 129 Å². The Balaban J connectivity index is 1.96. The maximum atomic E-state index is 12.3. The van der Waals surface area contributed by atoms with E-state index in [1.165, 1.54) is 0 Å². The minimum Gasteiger partial charge on any atom is -0.488 e. The van der Waals surface area contributed by atoms with Crippen molar-refractivity contribution in [3.63, 3.8) is 0 Å². The first-order chi connectivity index (χ1) is 9.94. The first-order valence-electron chi connectivity index (χ1n) is 7.67. The number of carbonyl (C=O) groups is 1. The first kappa shape index (κ1) is 15.9. The Morgan fingerprint density at radius 2 is 1.95 bits per heavy atom. The molecule has 0 saturated carbocycles. The molecule has 0 aromatic heterocycles. The van der Waals surface area contributed by atoms with Gasteiger partial charge in [0, 0.05) is 18.4 Å². The summed E-state index contributed by atoms with van der Waals surface area (Å²) >= 11 is 0. The monoisotopic (exact) mass is 312 g/mol. The zero-order chi connectivity index (χ0) is 16.5. The lowest BCUT2D eigenvalue weighted by atomic mass is 9.74. The van der Waals surface area contributed by atoms with Crippen molar-refractivity contribution in [1.82, 2.24) is 0 Å². The van der Waals surface area contributed by atoms with Gasteiger partial charge in [0.25, 0.3) is 0 Å². The largest absolute Gasteiger partial charge is 0.488 e. The van der Waals surface area contributed by atoms with Gasteiger partial charge in [0.1, 0.15) is 23.1 Å². The van der Waals surface area contributed by atoms with Crippen molar-refractivity contribution in [2.45, 2.75) is 82.1 Å². The number of ether oxygens (including phenoxy) is 2. The molecule has 0 bridgehead atoms. The van der Waals surface area contributed by atoms with Crippen LogP contribution in [0.3, 0.4) is 0 Å². The van der Waals surface area contributed by atoms with E-state index in [2.05, 4.69) is 0 Å². The highest BCUT2D eigenvalue weighted by atomic mass is 16.6. The second-order valence-corrected chi connectivity index (χ2v) is 7.87. The molecule has 0 aromatic rings. The molecule has 3 aliphatic rings. The summed E-state index contributed by atoms with van der Waals surface area (Å²) in [6.07, 6.45) is -2.12. The van der Waals surface area contributed by atoms with Crippen molar-refractivity contribution in [2.24, 2.45) is 0 Å². The highest BCUT2D eigenvalue weighted by Crippen LogP contribution is 2.48. The number of fused-ring (bicyclic) bond motifs is 1. The van der Waals surface area contributed by atoms with Gasteiger partial charge < -0.3 is 24.8 Å². The molecule has 0 spiro atoms. The van der Waals surface area contributed by atoms with E-state index in [-0.39, 0.29) is 30.8 Å². The number of rotatable bonds is 1. The zero-order valence-corrected chi connectivity index (χ0v) is 13.4. The molecule has 1 saturated heterocycles. The average molecular weight is 312 g/mol. The summed E-state index contributed by atoms with van der Waals surface area (Å²) in [4.78, 5) is 12.3. The number of Topliss-reactive ketones (excluding diaryl/α,β-unsaturated/α-hetero) is 1. The van der Waals surface area contributed by atoms with Gasteiger partial charge in [-0.1, -0.05) is 0 Å². The summed E-state index contributed by atoms with van der Waals surface area (Å²) in [5.41, 5.74) is -2.98. The van der Waals surface area contributed by atoms with Gasteiger partial charge in [-0.05, 0) is 27.7 Å². The molecule has 22 heavy (non-hydrogen) atoms. The maximum Gasteiger partial charge on any atom is 0.166 e. The molecular formula is C16H24O6. The predicted octanol–water partition coefficient (Wildman–Crippen LogP) is 0.433. The molecule has 6 heteroatoms. The van der Waals surface area contributed by atoms with E-state index in [9.17, 15) is 20.1 Å². The Hall–Kier alpha value is -0.950. The smallest absolute Gasteiger partial charge is 0.166 e. The molecule has 0 radical (unpaired) electrons. The SMILES string of the molecule is CC1(C)CC(=O)C2=C(O1)[C@H](O)[C@@]1(O)C[C@H](C(C)(C)O)O[C@H]1C2. The molecule has 6 nitrogen and oxygen atoms in total. The molecule has 1 fully saturated rings. The van der Waals surface area contributed by atoms with Crippen molar-refractivity contribution in [3.05, 3.63) is 11.3 Å². The number of hydrogen-bond acceptors (Lipinski definition) is 6. The molecule has 124 valence electrons. The van der Waals surface area contributed by atoms with Crippen LogP contribution in [0.1, 0.15) is 47.0 Å². The van der Waals surface area contributed by atoms with Crippen molar-refractivity contribution < 1.29 is 29.6 Å². The molecule has 3 rings (SSSR count). The first-order valence-corrected chi connectivity index (χ1v) is 7.67. The Morgan fingerprint density at radius 1 is 1.32 bits per heavy atom. The van der Waals surface area contributed by atoms with Gasteiger partial charge in [-0.2, -0.15) is 0 Å².